The molecule has 0 atom stereocenters. The molecule has 122 valence electrons. The molecule has 3 nitrogen and oxygen atoms in total. The Kier molecular flexibility index (Phi) is 5.19. The van der Waals surface area contributed by atoms with Crippen molar-refractivity contribution in [3.8, 4) is 10.6 Å². The third-order valence-corrected chi connectivity index (χ3v) is 4.95. The van der Waals surface area contributed by atoms with Gasteiger partial charge in [-0.25, -0.2) is 4.98 Å². The molecule has 1 aromatic heterocycles. The maximum Gasteiger partial charge on any atom is 0.230 e. The van der Waals surface area contributed by atoms with E-state index in [2.05, 4.69) is 10.3 Å². The molecule has 0 aliphatic rings. The first-order chi connectivity index (χ1) is 11.5. The molecule has 3 rings (SSSR count). The minimum atomic E-state index is -0.114. The maximum absolute atomic E-state index is 12.2. The summed E-state index contributed by atoms with van der Waals surface area (Å²) in [5.41, 5.74) is 3.28. The van der Waals surface area contributed by atoms with Crippen molar-refractivity contribution < 1.29 is 4.79 Å². The van der Waals surface area contributed by atoms with Crippen LogP contribution in [0.25, 0.3) is 10.6 Å². The van der Waals surface area contributed by atoms with Gasteiger partial charge in [0.2, 0.25) is 5.91 Å². The van der Waals surface area contributed by atoms with Crippen LogP contribution in [0.1, 0.15) is 11.3 Å². The number of amides is 1. The Morgan fingerprint density at radius 2 is 2.00 bits per heavy atom. The van der Waals surface area contributed by atoms with Crippen LogP contribution in [0.15, 0.2) is 47.8 Å². The second-order valence-electron chi connectivity index (χ2n) is 5.31. The van der Waals surface area contributed by atoms with Gasteiger partial charge in [0, 0.05) is 21.7 Å². The molecule has 1 amide bonds. The van der Waals surface area contributed by atoms with Crippen LogP contribution in [0.4, 0.5) is 5.69 Å². The largest absolute Gasteiger partial charge is 0.326 e. The lowest BCUT2D eigenvalue weighted by atomic mass is 10.2. The van der Waals surface area contributed by atoms with Gasteiger partial charge in [0.1, 0.15) is 5.01 Å². The zero-order chi connectivity index (χ0) is 17.1. The average Bonchev–Trinajstić information content (AvgIpc) is 2.99. The van der Waals surface area contributed by atoms with Gasteiger partial charge < -0.3 is 5.32 Å². The highest BCUT2D eigenvalue weighted by Crippen LogP contribution is 2.30. The molecule has 0 saturated carbocycles. The van der Waals surface area contributed by atoms with E-state index in [0.717, 1.165) is 27.5 Å². The van der Waals surface area contributed by atoms with Crippen LogP contribution in [-0.4, -0.2) is 10.9 Å². The number of anilines is 1. The van der Waals surface area contributed by atoms with Crippen LogP contribution >= 0.6 is 34.5 Å². The first kappa shape index (κ1) is 17.0. The van der Waals surface area contributed by atoms with Gasteiger partial charge in [-0.2, -0.15) is 0 Å². The molecule has 0 radical (unpaired) electrons. The summed E-state index contributed by atoms with van der Waals surface area (Å²) in [5.74, 6) is -0.114. The molecule has 6 heteroatoms. The second kappa shape index (κ2) is 7.34. The number of carbonyl (C=O) groups excluding carboxylic acids is 1. The number of nitrogens with one attached hydrogen (secondary N) is 1. The highest BCUT2D eigenvalue weighted by Gasteiger charge is 2.12. The summed E-state index contributed by atoms with van der Waals surface area (Å²) in [6.45, 7) is 1.90. The van der Waals surface area contributed by atoms with E-state index in [1.165, 1.54) is 11.3 Å². The molecule has 2 aromatic carbocycles. The molecule has 0 aliphatic heterocycles. The summed E-state index contributed by atoms with van der Waals surface area (Å²) in [6.07, 6.45) is 0.211. The molecule has 3 aromatic rings. The van der Waals surface area contributed by atoms with Gasteiger partial charge in [0.25, 0.3) is 0 Å². The van der Waals surface area contributed by atoms with Crippen LogP contribution in [0.2, 0.25) is 10.0 Å². The van der Waals surface area contributed by atoms with E-state index < -0.39 is 0 Å². The number of hydrogen-bond acceptors (Lipinski definition) is 3. The number of aromatic nitrogens is 1. The Balaban J connectivity index is 1.70. The van der Waals surface area contributed by atoms with Crippen molar-refractivity contribution in [1.82, 2.24) is 4.98 Å². The smallest absolute Gasteiger partial charge is 0.230 e. The number of thiazole rings is 1. The van der Waals surface area contributed by atoms with Crippen molar-refractivity contribution in [2.75, 3.05) is 5.32 Å². The third kappa shape index (κ3) is 3.96. The Hall–Kier alpha value is -1.88. The van der Waals surface area contributed by atoms with Crippen LogP contribution in [0, 0.1) is 6.92 Å². The number of carbonyl (C=O) groups is 1. The third-order valence-electron chi connectivity index (χ3n) is 3.46. The van der Waals surface area contributed by atoms with Gasteiger partial charge in [0.15, 0.2) is 0 Å². The normalized spacial score (nSPS) is 10.6. The highest BCUT2D eigenvalue weighted by molar-refractivity contribution is 7.13. The quantitative estimate of drug-likeness (QED) is 0.642. The number of nitrogens with zero attached hydrogens (tertiary/aromatic N) is 1. The number of hydrogen-bond donors (Lipinski definition) is 1. The minimum absolute atomic E-state index is 0.114. The number of aryl methyl sites for hydroxylation is 1. The highest BCUT2D eigenvalue weighted by atomic mass is 35.5. The van der Waals surface area contributed by atoms with Crippen molar-refractivity contribution in [3.05, 3.63) is 69.1 Å². The number of benzene rings is 2. The molecule has 1 heterocycles. The molecule has 24 heavy (non-hydrogen) atoms. The fourth-order valence-electron chi connectivity index (χ4n) is 2.27. The Bertz CT molecular complexity index is 892. The summed E-state index contributed by atoms with van der Waals surface area (Å²) in [4.78, 5) is 16.7. The summed E-state index contributed by atoms with van der Waals surface area (Å²) in [7, 11) is 0. The fourth-order valence-corrected chi connectivity index (χ4v) is 3.64. The topological polar surface area (TPSA) is 42.0 Å². The molecule has 0 fully saturated rings. The van der Waals surface area contributed by atoms with E-state index in [9.17, 15) is 4.79 Å². The molecular weight excluding hydrogens is 363 g/mol. The van der Waals surface area contributed by atoms with Gasteiger partial charge in [-0.15, -0.1) is 11.3 Å². The van der Waals surface area contributed by atoms with Crippen LogP contribution in [0.5, 0.6) is 0 Å². The van der Waals surface area contributed by atoms with E-state index in [4.69, 9.17) is 23.2 Å². The summed E-state index contributed by atoms with van der Waals surface area (Å²) in [6, 6.07) is 12.9. The lowest BCUT2D eigenvalue weighted by Crippen LogP contribution is -2.15. The number of rotatable bonds is 4. The fraction of sp³-hybridized carbons (Fsp3) is 0.111. The lowest BCUT2D eigenvalue weighted by Gasteiger charge is -2.07. The minimum Gasteiger partial charge on any atom is -0.326 e. The predicted molar refractivity (Wildman–Crippen MR) is 101 cm³/mol. The zero-order valence-corrected chi connectivity index (χ0v) is 15.2. The van der Waals surface area contributed by atoms with Crippen molar-refractivity contribution in [2.45, 2.75) is 13.3 Å². The maximum atomic E-state index is 12.2. The Morgan fingerprint density at radius 3 is 2.75 bits per heavy atom. The number of halogens is 2. The van der Waals surface area contributed by atoms with E-state index in [0.29, 0.717) is 10.0 Å². The summed E-state index contributed by atoms with van der Waals surface area (Å²) >= 11 is 13.6. The van der Waals surface area contributed by atoms with Gasteiger partial charge in [-0.1, -0.05) is 41.4 Å². The van der Waals surface area contributed by atoms with Gasteiger partial charge in [-0.3, -0.25) is 4.79 Å². The molecule has 0 aliphatic carbocycles. The molecule has 1 N–H and O–H groups in total. The molecule has 0 unspecified atom stereocenters. The molecule has 0 spiro atoms. The second-order valence-corrected chi connectivity index (χ2v) is 7.01. The van der Waals surface area contributed by atoms with Gasteiger partial charge >= 0.3 is 0 Å². The molecular formula is C18H14Cl2N2OS. The molecule has 0 bridgehead atoms. The lowest BCUT2D eigenvalue weighted by molar-refractivity contribution is -0.115. The average molecular weight is 377 g/mol. The first-order valence-electron chi connectivity index (χ1n) is 7.28. The first-order valence-corrected chi connectivity index (χ1v) is 8.92. The van der Waals surface area contributed by atoms with Crippen LogP contribution in [-0.2, 0) is 11.2 Å². The summed E-state index contributed by atoms with van der Waals surface area (Å²) < 4.78 is 0. The van der Waals surface area contributed by atoms with Crippen molar-refractivity contribution in [2.24, 2.45) is 0 Å². The van der Waals surface area contributed by atoms with E-state index in [1.54, 1.807) is 12.1 Å². The van der Waals surface area contributed by atoms with Crippen LogP contribution in [0.3, 0.4) is 0 Å². The van der Waals surface area contributed by atoms with E-state index in [-0.39, 0.29) is 12.3 Å². The Morgan fingerprint density at radius 1 is 1.21 bits per heavy atom. The van der Waals surface area contributed by atoms with Crippen molar-refractivity contribution in [3.63, 3.8) is 0 Å². The van der Waals surface area contributed by atoms with Gasteiger partial charge in [-0.05, 0) is 36.8 Å². The monoisotopic (exact) mass is 376 g/mol. The standard InChI is InChI=1S/C18H14Cl2N2OS/c1-11-8-12(19)6-7-16(11)22-17(23)9-13-10-24-18(21-13)14-4-2-3-5-15(14)20/h2-8,10H,9H2,1H3,(H,22,23). The SMILES string of the molecule is Cc1cc(Cl)ccc1NC(=O)Cc1csc(-c2ccccc2Cl)n1. The van der Waals surface area contributed by atoms with E-state index >= 15 is 0 Å². The van der Waals surface area contributed by atoms with Crippen molar-refractivity contribution in [1.29, 1.82) is 0 Å². The van der Waals surface area contributed by atoms with Gasteiger partial charge in [0.05, 0.1) is 17.1 Å². The van der Waals surface area contributed by atoms with Crippen LogP contribution < -0.4 is 5.32 Å². The summed E-state index contributed by atoms with van der Waals surface area (Å²) in [5, 5.41) is 6.88. The zero-order valence-electron chi connectivity index (χ0n) is 12.8. The van der Waals surface area contributed by atoms with E-state index in [1.807, 2.05) is 42.6 Å². The van der Waals surface area contributed by atoms with Crippen molar-refractivity contribution >= 4 is 46.1 Å². The predicted octanol–water partition coefficient (Wildman–Crippen LogP) is 5.61. The molecule has 0 saturated heterocycles. The Labute approximate surface area is 154 Å².